The Balaban J connectivity index is 2.16. The van der Waals surface area contributed by atoms with Gasteiger partial charge in [0, 0.05) is 13.2 Å². The highest BCUT2D eigenvalue weighted by Crippen LogP contribution is 2.12. The fourth-order valence-electron chi connectivity index (χ4n) is 2.28. The van der Waals surface area contributed by atoms with Gasteiger partial charge in [-0.05, 0) is 49.7 Å². The number of aliphatic hydroxyl groups is 2. The molecule has 19 heavy (non-hydrogen) atoms. The van der Waals surface area contributed by atoms with E-state index in [-0.39, 0.29) is 0 Å². The summed E-state index contributed by atoms with van der Waals surface area (Å²) in [5.41, 5.74) is 2.82. The van der Waals surface area contributed by atoms with Crippen LogP contribution in [0.3, 0.4) is 0 Å². The molecule has 1 aromatic carbocycles. The van der Waals surface area contributed by atoms with Gasteiger partial charge in [0.15, 0.2) is 0 Å². The molecule has 1 rings (SSSR count). The highest BCUT2D eigenvalue weighted by atomic mass is 16.3. The van der Waals surface area contributed by atoms with Crippen LogP contribution in [-0.4, -0.2) is 23.4 Å². The summed E-state index contributed by atoms with van der Waals surface area (Å²) in [6.45, 7) is 0.639. The number of unbranched alkanes of at least 4 members (excludes halogenated alkanes) is 5. The van der Waals surface area contributed by atoms with E-state index >= 15 is 0 Å². The van der Waals surface area contributed by atoms with Gasteiger partial charge in [-0.3, -0.25) is 0 Å². The molecule has 0 bridgehead atoms. The molecule has 0 spiro atoms. The van der Waals surface area contributed by atoms with E-state index < -0.39 is 0 Å². The number of aryl methyl sites for hydroxylation is 2. The predicted molar refractivity (Wildman–Crippen MR) is 80.3 cm³/mol. The van der Waals surface area contributed by atoms with Crippen molar-refractivity contribution >= 4 is 0 Å². The monoisotopic (exact) mass is 264 g/mol. The maximum Gasteiger partial charge on any atom is 0.0431 e. The van der Waals surface area contributed by atoms with Gasteiger partial charge in [0.25, 0.3) is 0 Å². The molecular weight excluding hydrogens is 236 g/mol. The zero-order valence-corrected chi connectivity index (χ0v) is 12.0. The lowest BCUT2D eigenvalue weighted by molar-refractivity contribution is 0.282. The van der Waals surface area contributed by atoms with Crippen LogP contribution < -0.4 is 0 Å². The Bertz CT molecular complexity index is 306. The van der Waals surface area contributed by atoms with Crippen LogP contribution in [0.15, 0.2) is 24.3 Å². The Morgan fingerprint density at radius 2 is 0.895 bits per heavy atom. The van der Waals surface area contributed by atoms with Crippen LogP contribution in [0.2, 0.25) is 0 Å². The molecule has 0 atom stereocenters. The number of benzene rings is 1. The molecule has 2 N–H and O–H groups in total. The SMILES string of the molecule is OCCCCCCc1ccc(CCCCCO)cc1. The maximum atomic E-state index is 8.72. The van der Waals surface area contributed by atoms with Gasteiger partial charge < -0.3 is 10.2 Å². The zero-order valence-electron chi connectivity index (χ0n) is 12.0. The van der Waals surface area contributed by atoms with Crippen molar-refractivity contribution in [3.05, 3.63) is 35.4 Å². The summed E-state index contributed by atoms with van der Waals surface area (Å²) >= 11 is 0. The number of hydrogen-bond acceptors (Lipinski definition) is 2. The molecule has 0 saturated carbocycles. The smallest absolute Gasteiger partial charge is 0.0431 e. The van der Waals surface area contributed by atoms with Crippen LogP contribution in [-0.2, 0) is 12.8 Å². The van der Waals surface area contributed by atoms with Crippen molar-refractivity contribution in [2.24, 2.45) is 0 Å². The molecule has 0 aliphatic carbocycles. The summed E-state index contributed by atoms with van der Waals surface area (Å²) in [7, 11) is 0. The van der Waals surface area contributed by atoms with Crippen LogP contribution >= 0.6 is 0 Å². The Morgan fingerprint density at radius 1 is 0.526 bits per heavy atom. The van der Waals surface area contributed by atoms with E-state index in [9.17, 15) is 0 Å². The molecule has 0 aromatic heterocycles. The highest BCUT2D eigenvalue weighted by molar-refractivity contribution is 5.22. The average molecular weight is 264 g/mol. The summed E-state index contributed by atoms with van der Waals surface area (Å²) in [5, 5.41) is 17.4. The van der Waals surface area contributed by atoms with Gasteiger partial charge in [0.2, 0.25) is 0 Å². The van der Waals surface area contributed by atoms with Crippen LogP contribution in [0.5, 0.6) is 0 Å². The number of hydrogen-bond donors (Lipinski definition) is 2. The van der Waals surface area contributed by atoms with Crippen molar-refractivity contribution in [3.63, 3.8) is 0 Å². The molecule has 0 saturated heterocycles. The number of rotatable bonds is 11. The molecule has 1 aromatic rings. The van der Waals surface area contributed by atoms with Gasteiger partial charge in [0.1, 0.15) is 0 Å². The molecule has 2 heteroatoms. The molecule has 0 aliphatic rings. The summed E-state index contributed by atoms with van der Waals surface area (Å²) < 4.78 is 0. The van der Waals surface area contributed by atoms with Gasteiger partial charge in [0.05, 0.1) is 0 Å². The minimum Gasteiger partial charge on any atom is -0.396 e. The zero-order chi connectivity index (χ0) is 13.8. The standard InChI is InChI=1S/C17H28O2/c18-14-6-2-1-4-8-16-10-12-17(13-11-16)9-5-3-7-15-19/h10-13,18-19H,1-9,14-15H2. The molecule has 0 unspecified atom stereocenters. The predicted octanol–water partition coefficient (Wildman–Crippen LogP) is 3.49. The van der Waals surface area contributed by atoms with E-state index in [1.54, 1.807) is 0 Å². The molecule has 2 nitrogen and oxygen atoms in total. The summed E-state index contributed by atoms with van der Waals surface area (Å²) in [4.78, 5) is 0. The Morgan fingerprint density at radius 3 is 1.32 bits per heavy atom. The number of aliphatic hydroxyl groups excluding tert-OH is 2. The average Bonchev–Trinajstić information content (AvgIpc) is 2.45. The largest absolute Gasteiger partial charge is 0.396 e. The molecule has 0 radical (unpaired) electrons. The fourth-order valence-corrected chi connectivity index (χ4v) is 2.28. The first kappa shape index (κ1) is 16.2. The van der Waals surface area contributed by atoms with E-state index in [0.717, 1.165) is 38.5 Å². The van der Waals surface area contributed by atoms with Crippen molar-refractivity contribution in [3.8, 4) is 0 Å². The third-order valence-corrected chi connectivity index (χ3v) is 3.52. The van der Waals surface area contributed by atoms with Gasteiger partial charge >= 0.3 is 0 Å². The minimum atomic E-state index is 0.315. The van der Waals surface area contributed by atoms with Crippen molar-refractivity contribution < 1.29 is 10.2 Å². The van der Waals surface area contributed by atoms with Crippen molar-refractivity contribution in [2.75, 3.05) is 13.2 Å². The van der Waals surface area contributed by atoms with Crippen molar-refractivity contribution in [2.45, 2.75) is 57.8 Å². The summed E-state index contributed by atoms with van der Waals surface area (Å²) in [6.07, 6.45) is 9.98. The van der Waals surface area contributed by atoms with Crippen molar-refractivity contribution in [1.82, 2.24) is 0 Å². The van der Waals surface area contributed by atoms with Crippen LogP contribution in [0.4, 0.5) is 0 Å². The Labute approximate surface area is 117 Å². The third kappa shape index (κ3) is 8.02. The molecule has 0 aliphatic heterocycles. The lowest BCUT2D eigenvalue weighted by Crippen LogP contribution is -1.91. The Kier molecular flexibility index (Phi) is 9.38. The minimum absolute atomic E-state index is 0.315. The third-order valence-electron chi connectivity index (χ3n) is 3.52. The van der Waals surface area contributed by atoms with E-state index in [4.69, 9.17) is 10.2 Å². The molecular formula is C17H28O2. The second-order valence-electron chi connectivity index (χ2n) is 5.24. The lowest BCUT2D eigenvalue weighted by atomic mass is 10.0. The van der Waals surface area contributed by atoms with Gasteiger partial charge in [-0.25, -0.2) is 0 Å². The molecule has 0 amide bonds. The first-order valence-corrected chi connectivity index (χ1v) is 7.66. The quantitative estimate of drug-likeness (QED) is 0.601. The van der Waals surface area contributed by atoms with Crippen molar-refractivity contribution in [1.29, 1.82) is 0 Å². The first-order chi connectivity index (χ1) is 9.36. The van der Waals surface area contributed by atoms with E-state index in [0.29, 0.717) is 13.2 Å². The highest BCUT2D eigenvalue weighted by Gasteiger charge is 1.96. The van der Waals surface area contributed by atoms with Crippen LogP contribution in [0.1, 0.15) is 56.1 Å². The van der Waals surface area contributed by atoms with Crippen LogP contribution in [0, 0.1) is 0 Å². The van der Waals surface area contributed by atoms with E-state index in [1.165, 1.54) is 30.4 Å². The molecule has 108 valence electrons. The molecule has 0 heterocycles. The summed E-state index contributed by atoms with van der Waals surface area (Å²) in [5.74, 6) is 0. The van der Waals surface area contributed by atoms with Crippen LogP contribution in [0.25, 0.3) is 0 Å². The summed E-state index contributed by atoms with van der Waals surface area (Å²) in [6, 6.07) is 8.96. The van der Waals surface area contributed by atoms with Gasteiger partial charge in [-0.1, -0.05) is 43.5 Å². The van der Waals surface area contributed by atoms with Gasteiger partial charge in [-0.2, -0.15) is 0 Å². The fraction of sp³-hybridized carbons (Fsp3) is 0.647. The Hall–Kier alpha value is -0.860. The second-order valence-corrected chi connectivity index (χ2v) is 5.24. The lowest BCUT2D eigenvalue weighted by Gasteiger charge is -2.04. The molecule has 0 fully saturated rings. The van der Waals surface area contributed by atoms with E-state index in [2.05, 4.69) is 24.3 Å². The topological polar surface area (TPSA) is 40.5 Å². The van der Waals surface area contributed by atoms with E-state index in [1.807, 2.05) is 0 Å². The van der Waals surface area contributed by atoms with Gasteiger partial charge in [-0.15, -0.1) is 0 Å². The normalized spacial score (nSPS) is 10.8. The maximum absolute atomic E-state index is 8.72. The first-order valence-electron chi connectivity index (χ1n) is 7.66. The second kappa shape index (κ2) is 11.0.